The lowest BCUT2D eigenvalue weighted by molar-refractivity contribution is -0.129. The van der Waals surface area contributed by atoms with Gasteiger partial charge in [-0.2, -0.15) is 0 Å². The van der Waals surface area contributed by atoms with Crippen molar-refractivity contribution in [3.8, 4) is 5.75 Å². The van der Waals surface area contributed by atoms with E-state index in [0.717, 1.165) is 17.4 Å². The quantitative estimate of drug-likeness (QED) is 0.749. The Morgan fingerprint density at radius 2 is 1.88 bits per heavy atom. The lowest BCUT2D eigenvalue weighted by Gasteiger charge is -2.14. The SMILES string of the molecule is COc1ccc(CCNC(=O)[C@H](C)OC(=O)c2ccc(Cl)cc2F)cc1. The van der Waals surface area contributed by atoms with Crippen LogP contribution in [0.4, 0.5) is 4.39 Å². The van der Waals surface area contributed by atoms with Gasteiger partial charge >= 0.3 is 5.97 Å². The first-order chi connectivity index (χ1) is 12.4. The van der Waals surface area contributed by atoms with Crippen molar-refractivity contribution < 1.29 is 23.5 Å². The van der Waals surface area contributed by atoms with E-state index < -0.39 is 23.8 Å². The van der Waals surface area contributed by atoms with Gasteiger partial charge in [0.2, 0.25) is 0 Å². The van der Waals surface area contributed by atoms with Crippen molar-refractivity contribution in [3.63, 3.8) is 0 Å². The van der Waals surface area contributed by atoms with Crippen LogP contribution in [0.25, 0.3) is 0 Å². The third kappa shape index (κ3) is 5.46. The van der Waals surface area contributed by atoms with Crippen LogP contribution in [0, 0.1) is 5.82 Å². The van der Waals surface area contributed by atoms with Gasteiger partial charge in [0.05, 0.1) is 12.7 Å². The Bertz CT molecular complexity index is 780. The zero-order chi connectivity index (χ0) is 19.1. The Morgan fingerprint density at radius 1 is 1.19 bits per heavy atom. The Morgan fingerprint density at radius 3 is 2.50 bits per heavy atom. The molecule has 0 saturated carbocycles. The molecule has 0 saturated heterocycles. The topological polar surface area (TPSA) is 64.6 Å². The van der Waals surface area contributed by atoms with Crippen molar-refractivity contribution in [2.75, 3.05) is 13.7 Å². The smallest absolute Gasteiger partial charge is 0.341 e. The summed E-state index contributed by atoms with van der Waals surface area (Å²) in [6, 6.07) is 11.1. The zero-order valence-electron chi connectivity index (χ0n) is 14.4. The van der Waals surface area contributed by atoms with Crippen molar-refractivity contribution in [1.29, 1.82) is 0 Å². The number of methoxy groups -OCH3 is 1. The molecule has 0 spiro atoms. The van der Waals surface area contributed by atoms with Gasteiger partial charge in [-0.05, 0) is 49.2 Å². The molecule has 26 heavy (non-hydrogen) atoms. The minimum atomic E-state index is -1.05. The van der Waals surface area contributed by atoms with Crippen LogP contribution in [0.3, 0.4) is 0 Å². The Balaban J connectivity index is 1.82. The first-order valence-corrected chi connectivity index (χ1v) is 8.35. The fourth-order valence-corrected chi connectivity index (χ4v) is 2.36. The summed E-state index contributed by atoms with van der Waals surface area (Å²) in [5.74, 6) is -1.42. The molecule has 1 amide bonds. The fraction of sp³-hybridized carbons (Fsp3) is 0.263. The van der Waals surface area contributed by atoms with Crippen LogP contribution in [0.15, 0.2) is 42.5 Å². The summed E-state index contributed by atoms with van der Waals surface area (Å²) in [6.07, 6.45) is -0.434. The van der Waals surface area contributed by atoms with Gasteiger partial charge in [0.15, 0.2) is 6.10 Å². The first-order valence-electron chi connectivity index (χ1n) is 7.97. The molecule has 0 aliphatic heterocycles. The maximum absolute atomic E-state index is 13.7. The van der Waals surface area contributed by atoms with Crippen LogP contribution >= 0.6 is 11.6 Å². The predicted molar refractivity (Wildman–Crippen MR) is 96.0 cm³/mol. The lowest BCUT2D eigenvalue weighted by Crippen LogP contribution is -2.37. The van der Waals surface area contributed by atoms with Crippen LogP contribution in [-0.4, -0.2) is 31.6 Å². The third-order valence-corrected chi connectivity index (χ3v) is 3.91. The van der Waals surface area contributed by atoms with E-state index in [2.05, 4.69) is 5.32 Å². The number of benzene rings is 2. The molecular formula is C19H19ClFNO4. The standard InChI is InChI=1S/C19H19ClFNO4/c1-12(26-19(24)16-8-5-14(20)11-17(16)21)18(23)22-10-9-13-3-6-15(25-2)7-4-13/h3-8,11-12H,9-10H2,1-2H3,(H,22,23)/t12-/m0/s1. The molecule has 138 valence electrons. The number of nitrogens with one attached hydrogen (secondary N) is 1. The Kier molecular flexibility index (Phi) is 6.97. The number of carbonyl (C=O) groups excluding carboxylic acids is 2. The van der Waals surface area contributed by atoms with Crippen molar-refractivity contribution in [2.24, 2.45) is 0 Å². The number of amides is 1. The van der Waals surface area contributed by atoms with Crippen LogP contribution in [0.2, 0.25) is 5.02 Å². The minimum Gasteiger partial charge on any atom is -0.497 e. The summed E-state index contributed by atoms with van der Waals surface area (Å²) in [5, 5.41) is 2.85. The summed E-state index contributed by atoms with van der Waals surface area (Å²) >= 11 is 5.64. The lowest BCUT2D eigenvalue weighted by atomic mass is 10.1. The molecule has 7 heteroatoms. The van der Waals surface area contributed by atoms with E-state index >= 15 is 0 Å². The molecule has 0 radical (unpaired) electrons. The summed E-state index contributed by atoms with van der Waals surface area (Å²) in [6.45, 7) is 1.80. The molecule has 5 nitrogen and oxygen atoms in total. The van der Waals surface area contributed by atoms with E-state index in [-0.39, 0.29) is 10.6 Å². The van der Waals surface area contributed by atoms with Crippen LogP contribution in [-0.2, 0) is 16.0 Å². The number of esters is 1. The minimum absolute atomic E-state index is 0.170. The summed E-state index contributed by atoms with van der Waals surface area (Å²) in [7, 11) is 1.59. The van der Waals surface area contributed by atoms with Crippen molar-refractivity contribution in [1.82, 2.24) is 5.32 Å². The number of rotatable bonds is 7. The van der Waals surface area contributed by atoms with Gasteiger partial charge in [-0.1, -0.05) is 23.7 Å². The fourth-order valence-electron chi connectivity index (χ4n) is 2.20. The number of hydrogen-bond donors (Lipinski definition) is 1. The first kappa shape index (κ1) is 19.7. The predicted octanol–water partition coefficient (Wildman–Crippen LogP) is 3.39. The van der Waals surface area contributed by atoms with E-state index in [0.29, 0.717) is 13.0 Å². The van der Waals surface area contributed by atoms with Crippen molar-refractivity contribution >= 4 is 23.5 Å². The summed E-state index contributed by atoms with van der Waals surface area (Å²) in [5.41, 5.74) is 0.756. The zero-order valence-corrected chi connectivity index (χ0v) is 15.2. The van der Waals surface area contributed by atoms with Crippen LogP contribution < -0.4 is 10.1 Å². The van der Waals surface area contributed by atoms with E-state index in [1.807, 2.05) is 24.3 Å². The van der Waals surface area contributed by atoms with Crippen molar-refractivity contribution in [3.05, 3.63) is 64.4 Å². The molecule has 0 unspecified atom stereocenters. The second-order valence-corrected chi connectivity index (χ2v) is 6.00. The number of halogens is 2. The molecule has 2 aromatic rings. The Hall–Kier alpha value is -2.60. The average Bonchev–Trinajstić information content (AvgIpc) is 2.62. The second kappa shape index (κ2) is 9.20. The van der Waals surface area contributed by atoms with E-state index in [4.69, 9.17) is 21.1 Å². The Labute approximate surface area is 156 Å². The van der Waals surface area contributed by atoms with E-state index in [9.17, 15) is 14.0 Å². The molecule has 1 atom stereocenters. The van der Waals surface area contributed by atoms with Crippen molar-refractivity contribution in [2.45, 2.75) is 19.4 Å². The highest BCUT2D eigenvalue weighted by Gasteiger charge is 2.21. The van der Waals surface area contributed by atoms with Gasteiger partial charge in [-0.25, -0.2) is 9.18 Å². The highest BCUT2D eigenvalue weighted by molar-refractivity contribution is 6.30. The average molecular weight is 380 g/mol. The third-order valence-electron chi connectivity index (χ3n) is 3.68. The molecule has 1 N–H and O–H groups in total. The van der Waals surface area contributed by atoms with Gasteiger partial charge < -0.3 is 14.8 Å². The largest absolute Gasteiger partial charge is 0.497 e. The molecule has 2 aromatic carbocycles. The number of ether oxygens (including phenoxy) is 2. The summed E-state index contributed by atoms with van der Waals surface area (Å²) in [4.78, 5) is 24.0. The molecule has 0 bridgehead atoms. The van der Waals surface area contributed by atoms with Gasteiger partial charge in [0.25, 0.3) is 5.91 Å². The van der Waals surface area contributed by atoms with E-state index in [1.165, 1.54) is 19.1 Å². The molecular weight excluding hydrogens is 361 g/mol. The van der Waals surface area contributed by atoms with Crippen LogP contribution in [0.1, 0.15) is 22.8 Å². The van der Waals surface area contributed by atoms with Crippen LogP contribution in [0.5, 0.6) is 5.75 Å². The van der Waals surface area contributed by atoms with Gasteiger partial charge in [0, 0.05) is 11.6 Å². The summed E-state index contributed by atoms with van der Waals surface area (Å²) < 4.78 is 23.8. The maximum Gasteiger partial charge on any atom is 0.341 e. The van der Waals surface area contributed by atoms with Gasteiger partial charge in [0.1, 0.15) is 11.6 Å². The normalized spacial score (nSPS) is 11.5. The number of hydrogen-bond acceptors (Lipinski definition) is 4. The maximum atomic E-state index is 13.7. The number of carbonyl (C=O) groups is 2. The second-order valence-electron chi connectivity index (χ2n) is 5.56. The molecule has 0 heterocycles. The molecule has 0 fully saturated rings. The molecule has 0 aliphatic carbocycles. The van der Waals surface area contributed by atoms with Gasteiger partial charge in [-0.15, -0.1) is 0 Å². The monoisotopic (exact) mass is 379 g/mol. The van der Waals surface area contributed by atoms with Gasteiger partial charge in [-0.3, -0.25) is 4.79 Å². The molecule has 0 aromatic heterocycles. The molecule has 2 rings (SSSR count). The van der Waals surface area contributed by atoms with E-state index in [1.54, 1.807) is 7.11 Å². The highest BCUT2D eigenvalue weighted by Crippen LogP contribution is 2.16. The molecule has 0 aliphatic rings. The highest BCUT2D eigenvalue weighted by atomic mass is 35.5.